The van der Waals surface area contributed by atoms with Gasteiger partial charge in [-0.2, -0.15) is 0 Å². The summed E-state index contributed by atoms with van der Waals surface area (Å²) in [6.45, 7) is 3.99. The minimum Gasteiger partial charge on any atom is -0.485 e. The van der Waals surface area contributed by atoms with Crippen molar-refractivity contribution in [3.63, 3.8) is 0 Å². The molecule has 11 heteroatoms. The number of nitrogens with zero attached hydrogens (tertiary/aromatic N) is 3. The third kappa shape index (κ3) is 6.87. The van der Waals surface area contributed by atoms with Gasteiger partial charge in [0, 0.05) is 47.6 Å². The number of aromatic nitrogens is 1. The summed E-state index contributed by atoms with van der Waals surface area (Å²) in [5.74, 6) is -0.720. The van der Waals surface area contributed by atoms with Crippen molar-refractivity contribution in [2.75, 3.05) is 37.4 Å². The highest BCUT2D eigenvalue weighted by Gasteiger charge is 2.35. The number of para-hydroxylation sites is 1. The maximum absolute atomic E-state index is 13.9. The number of fused-ring (bicyclic) bond motifs is 2. The van der Waals surface area contributed by atoms with Crippen molar-refractivity contribution < 1.29 is 24.2 Å². The summed E-state index contributed by atoms with van der Waals surface area (Å²) in [4.78, 5) is 48.3. The Labute approximate surface area is 283 Å². The van der Waals surface area contributed by atoms with Crippen molar-refractivity contribution in [1.29, 1.82) is 0 Å². The third-order valence-corrected chi connectivity index (χ3v) is 9.42. The van der Waals surface area contributed by atoms with E-state index in [0.717, 1.165) is 21.3 Å². The van der Waals surface area contributed by atoms with E-state index in [4.69, 9.17) is 4.74 Å². The first-order valence-corrected chi connectivity index (χ1v) is 16.6. The minimum atomic E-state index is -0.566. The smallest absolute Gasteiger partial charge is 0.321 e. The van der Waals surface area contributed by atoms with Gasteiger partial charge in [-0.05, 0) is 42.6 Å². The minimum absolute atomic E-state index is 0.188. The van der Waals surface area contributed by atoms with Crippen molar-refractivity contribution in [3.8, 4) is 16.3 Å². The van der Waals surface area contributed by atoms with Crippen molar-refractivity contribution in [2.45, 2.75) is 26.0 Å². The Morgan fingerprint density at radius 3 is 2.50 bits per heavy atom. The summed E-state index contributed by atoms with van der Waals surface area (Å²) in [5, 5.41) is 20.7. The Balaban J connectivity index is 1.27. The largest absolute Gasteiger partial charge is 0.485 e. The number of carbonyl (C=O) groups is 3. The predicted molar refractivity (Wildman–Crippen MR) is 189 cm³/mol. The van der Waals surface area contributed by atoms with Crippen LogP contribution in [-0.4, -0.2) is 76.6 Å². The standard InChI is InChI=1S/C37H37N5O5S/c1-23-20-42(24(2)22-43)36(45)29-11-7-13-31(39-34(44)26-14-16-27(17-15-26)35-38-18-19-48-35)33(29)47-32(23)21-41(3)37(46)40-30-12-6-9-25-8-4-5-10-28(25)30/h4-19,23-24,32,43H,20-22H2,1-3H3,(H,39,44)(H,40,46)/t23-,24-,32+/m0/s1. The van der Waals surface area contributed by atoms with E-state index in [-0.39, 0.29) is 48.2 Å². The molecule has 4 aromatic carbocycles. The first-order valence-electron chi connectivity index (χ1n) is 15.8. The molecule has 5 aromatic rings. The zero-order chi connectivity index (χ0) is 33.8. The van der Waals surface area contributed by atoms with Crippen molar-refractivity contribution >= 4 is 51.3 Å². The van der Waals surface area contributed by atoms with Gasteiger partial charge in [-0.1, -0.05) is 61.5 Å². The fraction of sp³-hybridized carbons (Fsp3) is 0.243. The molecule has 0 radical (unpaired) electrons. The zero-order valence-electron chi connectivity index (χ0n) is 26.9. The van der Waals surface area contributed by atoms with Crippen LogP contribution >= 0.6 is 11.3 Å². The number of aliphatic hydroxyl groups excluding tert-OH is 1. The number of likely N-dealkylation sites (N-methyl/N-ethyl adjacent to an activating group) is 1. The number of urea groups is 1. The fourth-order valence-corrected chi connectivity index (χ4v) is 6.43. The monoisotopic (exact) mass is 663 g/mol. The van der Waals surface area contributed by atoms with Gasteiger partial charge in [-0.15, -0.1) is 11.3 Å². The molecule has 3 N–H and O–H groups in total. The van der Waals surface area contributed by atoms with E-state index in [1.807, 2.05) is 66.9 Å². The van der Waals surface area contributed by atoms with Gasteiger partial charge in [-0.3, -0.25) is 9.59 Å². The van der Waals surface area contributed by atoms with Crippen LogP contribution in [0.15, 0.2) is 96.5 Å². The van der Waals surface area contributed by atoms with Crippen molar-refractivity contribution in [1.82, 2.24) is 14.8 Å². The van der Waals surface area contributed by atoms with Crippen LogP contribution in [0.5, 0.6) is 5.75 Å². The number of rotatable bonds is 8. The number of aliphatic hydroxyl groups is 1. The van der Waals surface area contributed by atoms with E-state index < -0.39 is 12.1 Å². The van der Waals surface area contributed by atoms with Crippen LogP contribution in [0.3, 0.4) is 0 Å². The van der Waals surface area contributed by atoms with Gasteiger partial charge in [-0.25, -0.2) is 9.78 Å². The van der Waals surface area contributed by atoms with Gasteiger partial charge in [0.25, 0.3) is 11.8 Å². The molecule has 0 unspecified atom stereocenters. The molecule has 1 aliphatic heterocycles. The summed E-state index contributed by atoms with van der Waals surface area (Å²) >= 11 is 1.51. The normalized spacial score (nSPS) is 16.7. The van der Waals surface area contributed by atoms with Gasteiger partial charge < -0.3 is 30.3 Å². The average Bonchev–Trinajstić information content (AvgIpc) is 3.65. The average molecular weight is 664 g/mol. The molecule has 6 rings (SSSR count). The van der Waals surface area contributed by atoms with Crippen LogP contribution in [0.4, 0.5) is 16.2 Å². The summed E-state index contributed by atoms with van der Waals surface area (Å²) in [7, 11) is 1.69. The second kappa shape index (κ2) is 14.2. The number of carbonyl (C=O) groups excluding carboxylic acids is 3. The zero-order valence-corrected chi connectivity index (χ0v) is 27.7. The van der Waals surface area contributed by atoms with Crippen LogP contribution in [0.1, 0.15) is 34.6 Å². The highest BCUT2D eigenvalue weighted by atomic mass is 32.1. The van der Waals surface area contributed by atoms with Gasteiger partial charge >= 0.3 is 6.03 Å². The van der Waals surface area contributed by atoms with E-state index >= 15 is 0 Å². The van der Waals surface area contributed by atoms with Crippen LogP contribution in [0.25, 0.3) is 21.3 Å². The number of amides is 4. The number of thiazole rings is 1. The maximum atomic E-state index is 13.9. The van der Waals surface area contributed by atoms with E-state index in [2.05, 4.69) is 15.6 Å². The van der Waals surface area contributed by atoms with Gasteiger partial charge in [0.1, 0.15) is 11.1 Å². The lowest BCUT2D eigenvalue weighted by atomic mass is 9.99. The van der Waals surface area contributed by atoms with Gasteiger partial charge in [0.05, 0.1) is 36.1 Å². The second-order valence-corrected chi connectivity index (χ2v) is 12.9. The molecule has 4 amide bonds. The first kappa shape index (κ1) is 32.7. The SMILES string of the molecule is C[C@H]1CN([C@@H](C)CO)C(=O)c2cccc(NC(=O)c3ccc(-c4nccs4)cc3)c2O[C@@H]1CN(C)C(=O)Nc1cccc2ccccc12. The summed E-state index contributed by atoms with van der Waals surface area (Å²) < 4.78 is 6.61. The third-order valence-electron chi connectivity index (χ3n) is 8.60. The Kier molecular flexibility index (Phi) is 9.70. The van der Waals surface area contributed by atoms with Crippen LogP contribution in [0.2, 0.25) is 0 Å². The number of ether oxygens (including phenoxy) is 1. The predicted octanol–water partition coefficient (Wildman–Crippen LogP) is 6.60. The lowest BCUT2D eigenvalue weighted by Gasteiger charge is -2.38. The molecule has 48 heavy (non-hydrogen) atoms. The number of anilines is 2. The molecule has 246 valence electrons. The molecule has 1 aromatic heterocycles. The van der Waals surface area contributed by atoms with Gasteiger partial charge in [0.2, 0.25) is 0 Å². The molecular weight excluding hydrogens is 627 g/mol. The van der Waals surface area contributed by atoms with E-state index in [0.29, 0.717) is 23.5 Å². The molecule has 3 atom stereocenters. The Morgan fingerprint density at radius 2 is 1.75 bits per heavy atom. The number of benzene rings is 4. The van der Waals surface area contributed by atoms with Crippen molar-refractivity contribution in [2.24, 2.45) is 5.92 Å². The molecule has 10 nitrogen and oxygen atoms in total. The molecule has 0 fully saturated rings. The lowest BCUT2D eigenvalue weighted by Crippen LogP contribution is -2.50. The Morgan fingerprint density at radius 1 is 1.02 bits per heavy atom. The highest BCUT2D eigenvalue weighted by molar-refractivity contribution is 7.13. The van der Waals surface area contributed by atoms with E-state index in [9.17, 15) is 19.5 Å². The number of hydrogen-bond donors (Lipinski definition) is 3. The molecule has 0 saturated carbocycles. The molecular formula is C37H37N5O5S. The maximum Gasteiger partial charge on any atom is 0.321 e. The van der Waals surface area contributed by atoms with Gasteiger partial charge in [0.15, 0.2) is 5.75 Å². The van der Waals surface area contributed by atoms with E-state index in [1.54, 1.807) is 60.3 Å². The second-order valence-electron chi connectivity index (χ2n) is 12.0. The van der Waals surface area contributed by atoms with Crippen LogP contribution in [0, 0.1) is 5.92 Å². The summed E-state index contributed by atoms with van der Waals surface area (Å²) in [6.07, 6.45) is 1.17. The molecule has 1 aliphatic rings. The molecule has 2 heterocycles. The topological polar surface area (TPSA) is 124 Å². The highest BCUT2D eigenvalue weighted by Crippen LogP contribution is 2.35. The van der Waals surface area contributed by atoms with E-state index in [1.165, 1.54) is 11.3 Å². The number of nitrogens with one attached hydrogen (secondary N) is 2. The van der Waals surface area contributed by atoms with Crippen molar-refractivity contribution in [3.05, 3.63) is 108 Å². The Hall–Kier alpha value is -5.26. The quantitative estimate of drug-likeness (QED) is 0.172. The molecule has 0 bridgehead atoms. The first-order chi connectivity index (χ1) is 23.2. The Bertz CT molecular complexity index is 1930. The van der Waals surface area contributed by atoms with Crippen LogP contribution < -0.4 is 15.4 Å². The number of hydrogen-bond acceptors (Lipinski definition) is 7. The van der Waals surface area contributed by atoms with Crippen LogP contribution in [-0.2, 0) is 0 Å². The molecule has 0 saturated heterocycles. The fourth-order valence-electron chi connectivity index (χ4n) is 5.78. The summed E-state index contributed by atoms with van der Waals surface area (Å²) in [5.41, 5.74) is 2.61. The summed E-state index contributed by atoms with van der Waals surface area (Å²) in [6, 6.07) is 25.0. The molecule has 0 spiro atoms. The molecule has 0 aliphatic carbocycles. The lowest BCUT2D eigenvalue weighted by molar-refractivity contribution is 0.0372.